The molecule has 0 amide bonds. The van der Waals surface area contributed by atoms with E-state index in [4.69, 9.17) is 5.26 Å². The Kier molecular flexibility index (Phi) is 2.33. The Hall–Kier alpha value is -1.60. The van der Waals surface area contributed by atoms with E-state index in [1.807, 2.05) is 0 Å². The molecule has 14 heavy (non-hydrogen) atoms. The van der Waals surface area contributed by atoms with Gasteiger partial charge < -0.3 is 10.4 Å². The Labute approximate surface area is 82.2 Å². The quantitative estimate of drug-likeness (QED) is 0.679. The van der Waals surface area contributed by atoms with Crippen LogP contribution in [0.4, 0.5) is 0 Å². The van der Waals surface area contributed by atoms with Crippen LogP contribution in [0.2, 0.25) is 0 Å². The Balaban J connectivity index is 2.31. The van der Waals surface area contributed by atoms with Crippen LogP contribution >= 0.6 is 0 Å². The maximum Gasteiger partial charge on any atom is 0.137 e. The third-order valence-corrected chi connectivity index (χ3v) is 2.55. The molecule has 2 heterocycles. The first-order valence-electron chi connectivity index (χ1n) is 4.57. The molecule has 0 spiro atoms. The van der Waals surface area contributed by atoms with E-state index in [9.17, 15) is 5.11 Å². The standard InChI is InChI=1S/C10H11N3O/c11-4-7-5-12-6-8(7)10-9(14)2-1-3-13-10/h1-3,7-8,12,14H,5-6H2. The zero-order chi connectivity index (χ0) is 9.97. The highest BCUT2D eigenvalue weighted by atomic mass is 16.3. The first kappa shape index (κ1) is 8.97. The van der Waals surface area contributed by atoms with Gasteiger partial charge in [0.1, 0.15) is 5.75 Å². The molecule has 1 aliphatic heterocycles. The molecule has 0 aliphatic carbocycles. The fraction of sp³-hybridized carbons (Fsp3) is 0.400. The van der Waals surface area contributed by atoms with Crippen LogP contribution in [0.1, 0.15) is 11.6 Å². The molecule has 2 atom stereocenters. The normalized spacial score (nSPS) is 25.9. The Morgan fingerprint density at radius 2 is 2.43 bits per heavy atom. The summed E-state index contributed by atoms with van der Waals surface area (Å²) in [6.45, 7) is 1.39. The third kappa shape index (κ3) is 1.42. The monoisotopic (exact) mass is 189 g/mol. The van der Waals surface area contributed by atoms with Crippen molar-refractivity contribution in [1.29, 1.82) is 5.26 Å². The number of hydrogen-bond acceptors (Lipinski definition) is 4. The molecule has 4 heteroatoms. The number of nitrogens with one attached hydrogen (secondary N) is 1. The molecule has 0 aromatic carbocycles. The topological polar surface area (TPSA) is 68.9 Å². The Morgan fingerprint density at radius 3 is 3.14 bits per heavy atom. The summed E-state index contributed by atoms with van der Waals surface area (Å²) in [6, 6.07) is 5.52. The Morgan fingerprint density at radius 1 is 1.57 bits per heavy atom. The summed E-state index contributed by atoms with van der Waals surface area (Å²) in [7, 11) is 0. The van der Waals surface area contributed by atoms with Gasteiger partial charge in [-0.3, -0.25) is 4.98 Å². The van der Waals surface area contributed by atoms with Crippen molar-refractivity contribution in [3.63, 3.8) is 0 Å². The van der Waals surface area contributed by atoms with Crippen LogP contribution in [0.5, 0.6) is 5.75 Å². The number of nitrogens with zero attached hydrogens (tertiary/aromatic N) is 2. The van der Waals surface area contributed by atoms with Crippen LogP contribution < -0.4 is 5.32 Å². The smallest absolute Gasteiger partial charge is 0.137 e. The minimum absolute atomic E-state index is 0.0150. The number of rotatable bonds is 1. The molecule has 0 radical (unpaired) electrons. The van der Waals surface area contributed by atoms with Gasteiger partial charge in [-0.15, -0.1) is 0 Å². The van der Waals surface area contributed by atoms with Crippen LogP contribution in [0.15, 0.2) is 18.3 Å². The van der Waals surface area contributed by atoms with Crippen LogP contribution in [-0.2, 0) is 0 Å². The van der Waals surface area contributed by atoms with E-state index in [1.165, 1.54) is 0 Å². The predicted molar refractivity (Wildman–Crippen MR) is 50.6 cm³/mol. The van der Waals surface area contributed by atoms with E-state index in [0.717, 1.165) is 0 Å². The Bertz CT molecular complexity index is 372. The largest absolute Gasteiger partial charge is 0.506 e. The van der Waals surface area contributed by atoms with E-state index in [1.54, 1.807) is 18.3 Å². The highest BCUT2D eigenvalue weighted by molar-refractivity contribution is 5.31. The second-order valence-corrected chi connectivity index (χ2v) is 3.41. The number of aromatic hydroxyl groups is 1. The van der Waals surface area contributed by atoms with Crippen molar-refractivity contribution in [1.82, 2.24) is 10.3 Å². The molecule has 1 saturated heterocycles. The van der Waals surface area contributed by atoms with E-state index in [2.05, 4.69) is 16.4 Å². The van der Waals surface area contributed by atoms with Crippen molar-refractivity contribution in [3.8, 4) is 11.8 Å². The van der Waals surface area contributed by atoms with Crippen molar-refractivity contribution in [3.05, 3.63) is 24.0 Å². The summed E-state index contributed by atoms with van der Waals surface area (Å²) in [6.07, 6.45) is 1.64. The summed E-state index contributed by atoms with van der Waals surface area (Å²) in [5.41, 5.74) is 0.629. The molecule has 1 aromatic rings. The molecule has 2 rings (SSSR count). The maximum atomic E-state index is 9.58. The molecule has 4 nitrogen and oxygen atoms in total. The molecule has 2 N–H and O–H groups in total. The fourth-order valence-corrected chi connectivity index (χ4v) is 1.80. The minimum atomic E-state index is -0.0872. The average Bonchev–Trinajstić information content (AvgIpc) is 2.66. The number of hydrogen-bond donors (Lipinski definition) is 2. The number of nitriles is 1. The van der Waals surface area contributed by atoms with Crippen LogP contribution in [0, 0.1) is 17.2 Å². The molecular formula is C10H11N3O. The van der Waals surface area contributed by atoms with Gasteiger partial charge in [0, 0.05) is 25.2 Å². The first-order chi connectivity index (χ1) is 6.83. The molecule has 72 valence electrons. The van der Waals surface area contributed by atoms with Gasteiger partial charge in [0.2, 0.25) is 0 Å². The predicted octanol–water partition coefficient (Wildman–Crippen LogP) is 0.614. The van der Waals surface area contributed by atoms with Crippen molar-refractivity contribution < 1.29 is 5.11 Å². The lowest BCUT2D eigenvalue weighted by atomic mass is 9.93. The van der Waals surface area contributed by atoms with E-state index in [0.29, 0.717) is 18.8 Å². The minimum Gasteiger partial charge on any atom is -0.506 e. The average molecular weight is 189 g/mol. The molecule has 2 unspecified atom stereocenters. The molecule has 1 aromatic heterocycles. The van der Waals surface area contributed by atoms with Crippen LogP contribution in [0.3, 0.4) is 0 Å². The van der Waals surface area contributed by atoms with Crippen LogP contribution in [-0.4, -0.2) is 23.2 Å². The van der Waals surface area contributed by atoms with Crippen LogP contribution in [0.25, 0.3) is 0 Å². The summed E-state index contributed by atoms with van der Waals surface area (Å²) >= 11 is 0. The number of aromatic nitrogens is 1. The van der Waals surface area contributed by atoms with Gasteiger partial charge >= 0.3 is 0 Å². The highest BCUT2D eigenvalue weighted by Crippen LogP contribution is 2.31. The van der Waals surface area contributed by atoms with E-state index < -0.39 is 0 Å². The summed E-state index contributed by atoms with van der Waals surface area (Å²) < 4.78 is 0. The lowest BCUT2D eigenvalue weighted by Crippen LogP contribution is -2.10. The second kappa shape index (κ2) is 3.64. The zero-order valence-electron chi connectivity index (χ0n) is 7.64. The van der Waals surface area contributed by atoms with E-state index >= 15 is 0 Å². The lowest BCUT2D eigenvalue weighted by Gasteiger charge is -2.12. The maximum absolute atomic E-state index is 9.58. The zero-order valence-corrected chi connectivity index (χ0v) is 7.64. The van der Waals surface area contributed by atoms with Gasteiger partial charge in [-0.25, -0.2) is 0 Å². The molecule has 1 aliphatic rings. The van der Waals surface area contributed by atoms with Crippen molar-refractivity contribution in [2.75, 3.05) is 13.1 Å². The van der Waals surface area contributed by atoms with Gasteiger partial charge in [-0.2, -0.15) is 5.26 Å². The van der Waals surface area contributed by atoms with Gasteiger partial charge in [-0.1, -0.05) is 0 Å². The summed E-state index contributed by atoms with van der Waals surface area (Å²) in [4.78, 5) is 4.12. The highest BCUT2D eigenvalue weighted by Gasteiger charge is 2.30. The third-order valence-electron chi connectivity index (χ3n) is 2.55. The van der Waals surface area contributed by atoms with E-state index in [-0.39, 0.29) is 17.6 Å². The van der Waals surface area contributed by atoms with Crippen molar-refractivity contribution >= 4 is 0 Å². The van der Waals surface area contributed by atoms with Gasteiger partial charge in [-0.05, 0) is 12.1 Å². The van der Waals surface area contributed by atoms with Crippen molar-refractivity contribution in [2.24, 2.45) is 5.92 Å². The van der Waals surface area contributed by atoms with Crippen molar-refractivity contribution in [2.45, 2.75) is 5.92 Å². The first-order valence-corrected chi connectivity index (χ1v) is 4.57. The summed E-state index contributed by atoms with van der Waals surface area (Å²) in [5, 5.41) is 21.6. The molecular weight excluding hydrogens is 178 g/mol. The molecule has 0 saturated carbocycles. The second-order valence-electron chi connectivity index (χ2n) is 3.41. The molecule has 0 bridgehead atoms. The van der Waals surface area contributed by atoms with Gasteiger partial charge in [0.05, 0.1) is 17.7 Å². The number of pyridine rings is 1. The van der Waals surface area contributed by atoms with Gasteiger partial charge in [0.25, 0.3) is 0 Å². The molecule has 1 fully saturated rings. The SMILES string of the molecule is N#CC1CNCC1c1ncccc1O. The lowest BCUT2D eigenvalue weighted by molar-refractivity contribution is 0.452. The fourth-order valence-electron chi connectivity index (χ4n) is 1.80. The summed E-state index contributed by atoms with van der Waals surface area (Å²) in [5.74, 6) is 0.110. The van der Waals surface area contributed by atoms with Gasteiger partial charge in [0.15, 0.2) is 0 Å².